The van der Waals surface area contributed by atoms with Crippen molar-refractivity contribution >= 4 is 52.0 Å². The molecule has 0 saturated carbocycles. The lowest BCUT2D eigenvalue weighted by Crippen LogP contribution is -2.29. The largest absolute Gasteiger partial charge is 0.348 e. The molecule has 0 aliphatic rings. The first-order chi connectivity index (χ1) is 14.4. The number of thiophene rings is 1. The third kappa shape index (κ3) is 5.92. The summed E-state index contributed by atoms with van der Waals surface area (Å²) in [6.07, 6.45) is 0.0690. The highest BCUT2D eigenvalue weighted by Crippen LogP contribution is 2.25. The summed E-state index contributed by atoms with van der Waals surface area (Å²) in [6, 6.07) is 16.8. The van der Waals surface area contributed by atoms with E-state index in [4.69, 9.17) is 11.6 Å². The summed E-state index contributed by atoms with van der Waals surface area (Å²) in [5.74, 6) is -0.810. The van der Waals surface area contributed by atoms with Crippen LogP contribution >= 0.6 is 22.9 Å². The Balaban J connectivity index is 1.70. The maximum absolute atomic E-state index is 12.7. The summed E-state index contributed by atoms with van der Waals surface area (Å²) < 4.78 is 0. The molecule has 1 atom stereocenters. The van der Waals surface area contributed by atoms with Gasteiger partial charge in [0.05, 0.1) is 23.8 Å². The van der Waals surface area contributed by atoms with Gasteiger partial charge >= 0.3 is 0 Å². The van der Waals surface area contributed by atoms with Crippen molar-refractivity contribution in [2.24, 2.45) is 0 Å². The summed E-state index contributed by atoms with van der Waals surface area (Å²) >= 11 is 7.33. The number of rotatable bonds is 7. The molecule has 2 aromatic carbocycles. The van der Waals surface area contributed by atoms with Gasteiger partial charge in [-0.2, -0.15) is 0 Å². The van der Waals surface area contributed by atoms with E-state index in [1.807, 2.05) is 17.5 Å². The summed E-state index contributed by atoms with van der Waals surface area (Å²) in [7, 11) is 0. The fraction of sp³-hybridized carbons (Fsp3) is 0.136. The molecule has 30 heavy (non-hydrogen) atoms. The van der Waals surface area contributed by atoms with E-state index in [0.29, 0.717) is 22.0 Å². The molecule has 3 aromatic rings. The molecule has 0 spiro atoms. The lowest BCUT2D eigenvalue weighted by Gasteiger charge is -2.17. The second kappa shape index (κ2) is 10.0. The summed E-state index contributed by atoms with van der Waals surface area (Å²) in [4.78, 5) is 37.6. The molecule has 8 heteroatoms. The number of nitrogens with one attached hydrogen (secondary N) is 3. The van der Waals surface area contributed by atoms with Gasteiger partial charge in [-0.3, -0.25) is 14.4 Å². The highest BCUT2D eigenvalue weighted by molar-refractivity contribution is 7.10. The second-order valence-electron chi connectivity index (χ2n) is 6.53. The average Bonchev–Trinajstić information content (AvgIpc) is 3.24. The standard InChI is InChI=1S/C22H20ClN3O3S/c1-14(27)24-19(20-7-4-12-30-20)13-21(28)25-17-5-2-3-6-18(17)26-22(29)15-8-10-16(23)11-9-15/h2-12,19H,13H2,1H3,(H,24,27)(H,25,28)(H,26,29)/t19-/m1/s1. The van der Waals surface area contributed by atoms with Gasteiger partial charge in [0.1, 0.15) is 0 Å². The topological polar surface area (TPSA) is 87.3 Å². The quantitative estimate of drug-likeness (QED) is 0.489. The maximum Gasteiger partial charge on any atom is 0.255 e. The highest BCUT2D eigenvalue weighted by Gasteiger charge is 2.19. The molecule has 1 heterocycles. The van der Waals surface area contributed by atoms with Crippen molar-refractivity contribution in [2.75, 3.05) is 10.6 Å². The smallest absolute Gasteiger partial charge is 0.255 e. The van der Waals surface area contributed by atoms with Gasteiger partial charge in [0.25, 0.3) is 5.91 Å². The zero-order chi connectivity index (χ0) is 21.5. The minimum Gasteiger partial charge on any atom is -0.348 e. The van der Waals surface area contributed by atoms with E-state index >= 15 is 0 Å². The van der Waals surface area contributed by atoms with Gasteiger partial charge in [0, 0.05) is 22.4 Å². The Kier molecular flexibility index (Phi) is 7.21. The number of carbonyl (C=O) groups excluding carboxylic acids is 3. The Hall–Kier alpha value is -3.16. The van der Waals surface area contributed by atoms with Crippen molar-refractivity contribution in [3.63, 3.8) is 0 Å². The predicted octanol–water partition coefficient (Wildman–Crippen LogP) is 4.86. The van der Waals surface area contributed by atoms with Crippen molar-refractivity contribution in [1.82, 2.24) is 5.32 Å². The van der Waals surface area contributed by atoms with Crippen molar-refractivity contribution in [3.8, 4) is 0 Å². The number of carbonyl (C=O) groups is 3. The molecule has 0 saturated heterocycles. The first-order valence-corrected chi connectivity index (χ1v) is 10.4. The van der Waals surface area contributed by atoms with Gasteiger partial charge in [-0.05, 0) is 47.8 Å². The number of halogens is 1. The summed E-state index contributed by atoms with van der Waals surface area (Å²) in [5, 5.41) is 10.9. The van der Waals surface area contributed by atoms with Crippen LogP contribution in [0.2, 0.25) is 5.02 Å². The molecule has 154 valence electrons. The van der Waals surface area contributed by atoms with Crippen LogP contribution in [-0.4, -0.2) is 17.7 Å². The summed E-state index contributed by atoms with van der Waals surface area (Å²) in [6.45, 7) is 1.42. The zero-order valence-corrected chi connectivity index (χ0v) is 17.7. The molecule has 0 unspecified atom stereocenters. The first kappa shape index (κ1) is 21.5. The number of benzene rings is 2. The van der Waals surface area contributed by atoms with Crippen LogP contribution in [0.1, 0.15) is 34.6 Å². The molecule has 0 fully saturated rings. The van der Waals surface area contributed by atoms with Crippen molar-refractivity contribution in [1.29, 1.82) is 0 Å². The second-order valence-corrected chi connectivity index (χ2v) is 7.94. The average molecular weight is 442 g/mol. The molecular formula is C22H20ClN3O3S. The third-order valence-corrected chi connectivity index (χ3v) is 5.45. The summed E-state index contributed by atoms with van der Waals surface area (Å²) in [5.41, 5.74) is 1.39. The Morgan fingerprint density at radius 1 is 0.933 bits per heavy atom. The lowest BCUT2D eigenvalue weighted by atomic mass is 10.1. The van der Waals surface area contributed by atoms with Crippen molar-refractivity contribution in [3.05, 3.63) is 81.5 Å². The van der Waals surface area contributed by atoms with E-state index < -0.39 is 6.04 Å². The van der Waals surface area contributed by atoms with Crippen LogP contribution < -0.4 is 16.0 Å². The molecular weight excluding hydrogens is 422 g/mol. The minimum atomic E-state index is -0.418. The van der Waals surface area contributed by atoms with E-state index in [9.17, 15) is 14.4 Å². The van der Waals surface area contributed by atoms with Crippen molar-refractivity contribution < 1.29 is 14.4 Å². The van der Waals surface area contributed by atoms with Crippen LogP contribution in [0.5, 0.6) is 0 Å². The van der Waals surface area contributed by atoms with Gasteiger partial charge in [0.2, 0.25) is 11.8 Å². The number of hydrogen-bond donors (Lipinski definition) is 3. The van der Waals surface area contributed by atoms with E-state index in [1.54, 1.807) is 48.5 Å². The first-order valence-electron chi connectivity index (χ1n) is 9.18. The molecule has 3 N–H and O–H groups in total. The maximum atomic E-state index is 12.7. The predicted molar refractivity (Wildman–Crippen MR) is 120 cm³/mol. The van der Waals surface area contributed by atoms with Crippen LogP contribution in [0.3, 0.4) is 0 Å². The Morgan fingerprint density at radius 3 is 2.20 bits per heavy atom. The molecule has 0 aliphatic heterocycles. The fourth-order valence-corrected chi connectivity index (χ4v) is 3.75. The normalized spacial score (nSPS) is 11.4. The van der Waals surface area contributed by atoms with E-state index in [-0.39, 0.29) is 24.1 Å². The fourth-order valence-electron chi connectivity index (χ4n) is 2.84. The molecule has 3 rings (SSSR count). The monoisotopic (exact) mass is 441 g/mol. The van der Waals surface area contributed by atoms with Crippen LogP contribution in [0, 0.1) is 0 Å². The van der Waals surface area contributed by atoms with Crippen LogP contribution in [0.4, 0.5) is 11.4 Å². The highest BCUT2D eigenvalue weighted by atomic mass is 35.5. The molecule has 0 radical (unpaired) electrons. The Morgan fingerprint density at radius 2 is 1.60 bits per heavy atom. The molecule has 1 aromatic heterocycles. The van der Waals surface area contributed by atoms with Crippen LogP contribution in [0.25, 0.3) is 0 Å². The SMILES string of the molecule is CC(=O)N[C@H](CC(=O)Nc1ccccc1NC(=O)c1ccc(Cl)cc1)c1cccs1. The van der Waals surface area contributed by atoms with Gasteiger partial charge < -0.3 is 16.0 Å². The Bertz CT molecular complexity index is 1040. The van der Waals surface area contributed by atoms with E-state index in [0.717, 1.165) is 4.88 Å². The van der Waals surface area contributed by atoms with E-state index in [2.05, 4.69) is 16.0 Å². The molecule has 0 aliphatic carbocycles. The number of amides is 3. The molecule has 0 bridgehead atoms. The zero-order valence-electron chi connectivity index (χ0n) is 16.1. The lowest BCUT2D eigenvalue weighted by molar-refractivity contribution is -0.120. The molecule has 6 nitrogen and oxygen atoms in total. The number of anilines is 2. The number of hydrogen-bond acceptors (Lipinski definition) is 4. The van der Waals surface area contributed by atoms with Crippen molar-refractivity contribution in [2.45, 2.75) is 19.4 Å². The van der Waals surface area contributed by atoms with Crippen LogP contribution in [-0.2, 0) is 9.59 Å². The molecule has 3 amide bonds. The Labute approximate surface area is 183 Å². The third-order valence-electron chi connectivity index (χ3n) is 4.21. The number of para-hydroxylation sites is 2. The van der Waals surface area contributed by atoms with Gasteiger partial charge in [-0.25, -0.2) is 0 Å². The minimum absolute atomic E-state index is 0.0690. The van der Waals surface area contributed by atoms with Gasteiger partial charge in [-0.1, -0.05) is 29.8 Å². The van der Waals surface area contributed by atoms with E-state index in [1.165, 1.54) is 18.3 Å². The van der Waals surface area contributed by atoms with Gasteiger partial charge in [0.15, 0.2) is 0 Å². The van der Waals surface area contributed by atoms with Gasteiger partial charge in [-0.15, -0.1) is 11.3 Å². The van der Waals surface area contributed by atoms with Crippen LogP contribution in [0.15, 0.2) is 66.0 Å².